The summed E-state index contributed by atoms with van der Waals surface area (Å²) in [5.41, 5.74) is 0. The standard InChI is InChI=1S/C4H9ClNS/c1-2-6(7)4-3-5/h2-4H2,1H3/q-1. The molecule has 0 saturated heterocycles. The first kappa shape index (κ1) is 7.60. The van der Waals surface area contributed by atoms with Crippen molar-refractivity contribution < 1.29 is 0 Å². The highest BCUT2D eigenvalue weighted by atomic mass is 35.5. The summed E-state index contributed by atoms with van der Waals surface area (Å²) in [5.74, 6) is 0.636. The Morgan fingerprint density at radius 2 is 2.29 bits per heavy atom. The molecule has 0 aromatic heterocycles. The summed E-state index contributed by atoms with van der Waals surface area (Å²) in [7, 11) is 0. The van der Waals surface area contributed by atoms with Crippen molar-refractivity contribution in [2.45, 2.75) is 6.92 Å². The molecule has 1 nitrogen and oxygen atoms in total. The van der Waals surface area contributed by atoms with E-state index < -0.39 is 0 Å². The molecule has 0 aliphatic heterocycles. The van der Waals surface area contributed by atoms with Gasteiger partial charge in [-0.15, -0.1) is 11.6 Å². The normalized spacial score (nSPS) is 10.3. The van der Waals surface area contributed by atoms with Gasteiger partial charge in [-0.1, -0.05) is 6.92 Å². The van der Waals surface area contributed by atoms with Gasteiger partial charge in [0, 0.05) is 5.88 Å². The van der Waals surface area contributed by atoms with Crippen LogP contribution in [0.5, 0.6) is 0 Å². The van der Waals surface area contributed by atoms with Gasteiger partial charge in [0.1, 0.15) is 0 Å². The first-order chi connectivity index (χ1) is 3.31. The van der Waals surface area contributed by atoms with Gasteiger partial charge in [0.15, 0.2) is 0 Å². The zero-order chi connectivity index (χ0) is 5.70. The maximum atomic E-state index is 5.37. The van der Waals surface area contributed by atoms with Crippen LogP contribution >= 0.6 is 11.6 Å². The first-order valence-corrected chi connectivity index (χ1v) is 3.19. The highest BCUT2D eigenvalue weighted by Gasteiger charge is 1.78. The molecule has 0 saturated carbocycles. The molecule has 0 atom stereocenters. The highest BCUT2D eigenvalue weighted by Crippen LogP contribution is 1.82. The molecular formula is C4H9ClNS-. The molecule has 0 rings (SSSR count). The van der Waals surface area contributed by atoms with E-state index >= 15 is 0 Å². The van der Waals surface area contributed by atoms with E-state index in [9.17, 15) is 0 Å². The molecule has 0 fully saturated rings. The van der Waals surface area contributed by atoms with E-state index in [1.807, 2.05) is 6.92 Å². The van der Waals surface area contributed by atoms with Crippen molar-refractivity contribution >= 4 is 24.4 Å². The van der Waals surface area contributed by atoms with Crippen LogP contribution < -0.4 is 0 Å². The average Bonchev–Trinajstić information content (AvgIpc) is 1.68. The summed E-state index contributed by atoms with van der Waals surface area (Å²) in [6.07, 6.45) is 0. The minimum absolute atomic E-state index is 0.636. The van der Waals surface area contributed by atoms with Crippen molar-refractivity contribution in [3.63, 3.8) is 0 Å². The number of hydrogen-bond donors (Lipinski definition) is 0. The predicted octanol–water partition coefficient (Wildman–Crippen LogP) is 1.01. The Bertz CT molecular complexity index is 42.7. The van der Waals surface area contributed by atoms with Crippen molar-refractivity contribution in [1.29, 1.82) is 0 Å². The Labute approximate surface area is 55.2 Å². The second kappa shape index (κ2) is 4.75. The third-order valence-electron chi connectivity index (χ3n) is 0.687. The molecule has 0 amide bonds. The number of hydrogen-bond acceptors (Lipinski definition) is 2. The van der Waals surface area contributed by atoms with Gasteiger partial charge in [-0.2, -0.15) is 0 Å². The molecule has 0 unspecified atom stereocenters. The van der Waals surface area contributed by atoms with Crippen LogP contribution in [-0.4, -0.2) is 23.3 Å². The Kier molecular flexibility index (Phi) is 5.16. The largest absolute Gasteiger partial charge is 0.702 e. The quantitative estimate of drug-likeness (QED) is 0.423. The van der Waals surface area contributed by atoms with E-state index in [0.29, 0.717) is 5.88 Å². The third-order valence-corrected chi connectivity index (χ3v) is 1.30. The molecule has 0 aliphatic carbocycles. The van der Waals surface area contributed by atoms with Gasteiger partial charge in [0.25, 0.3) is 0 Å². The number of nitrogens with zero attached hydrogens (tertiary/aromatic N) is 1. The minimum Gasteiger partial charge on any atom is -0.702 e. The lowest BCUT2D eigenvalue weighted by molar-refractivity contribution is 0.532. The van der Waals surface area contributed by atoms with Crippen molar-refractivity contribution in [3.05, 3.63) is 0 Å². The van der Waals surface area contributed by atoms with Gasteiger partial charge in [0.2, 0.25) is 0 Å². The lowest BCUT2D eigenvalue weighted by Gasteiger charge is -2.25. The summed E-state index contributed by atoms with van der Waals surface area (Å²) in [4.78, 5) is 0. The molecule has 0 radical (unpaired) electrons. The van der Waals surface area contributed by atoms with Crippen LogP contribution in [0.4, 0.5) is 0 Å². The van der Waals surface area contributed by atoms with Crippen molar-refractivity contribution in [1.82, 2.24) is 4.31 Å². The lowest BCUT2D eigenvalue weighted by atomic mass is 10.7. The molecule has 0 aliphatic rings. The monoisotopic (exact) mass is 138 g/mol. The summed E-state index contributed by atoms with van der Waals surface area (Å²) in [5, 5.41) is 0. The van der Waals surface area contributed by atoms with E-state index in [1.165, 1.54) is 0 Å². The third kappa shape index (κ3) is 4.45. The van der Waals surface area contributed by atoms with Crippen molar-refractivity contribution in [2.75, 3.05) is 19.0 Å². The molecule has 0 N–H and O–H groups in total. The van der Waals surface area contributed by atoms with Crippen LogP contribution in [0, 0.1) is 0 Å². The summed E-state index contributed by atoms with van der Waals surface area (Å²) in [6, 6.07) is 0. The van der Waals surface area contributed by atoms with Crippen LogP contribution in [0.2, 0.25) is 0 Å². The zero-order valence-electron chi connectivity index (χ0n) is 4.35. The number of alkyl halides is 1. The van der Waals surface area contributed by atoms with Gasteiger partial charge in [-0.3, -0.25) is 0 Å². The van der Waals surface area contributed by atoms with Gasteiger partial charge in [0.05, 0.1) is 0 Å². The Balaban J connectivity index is 2.83. The molecule has 0 aromatic carbocycles. The van der Waals surface area contributed by atoms with Crippen LogP contribution in [0.15, 0.2) is 0 Å². The molecule has 7 heavy (non-hydrogen) atoms. The van der Waals surface area contributed by atoms with Crippen molar-refractivity contribution in [2.24, 2.45) is 0 Å². The average molecular weight is 139 g/mol. The van der Waals surface area contributed by atoms with Crippen LogP contribution in [0.25, 0.3) is 0 Å². The summed E-state index contributed by atoms with van der Waals surface area (Å²) < 4.78 is 1.76. The van der Waals surface area contributed by atoms with E-state index in [-0.39, 0.29) is 0 Å². The predicted molar refractivity (Wildman–Crippen MR) is 35.3 cm³/mol. The highest BCUT2D eigenvalue weighted by molar-refractivity contribution is 7.55. The fraction of sp³-hybridized carbons (Fsp3) is 1.00. The van der Waals surface area contributed by atoms with Gasteiger partial charge >= 0.3 is 0 Å². The first-order valence-electron chi connectivity index (χ1n) is 2.29. The van der Waals surface area contributed by atoms with Crippen molar-refractivity contribution in [3.8, 4) is 0 Å². The maximum absolute atomic E-state index is 5.37. The van der Waals surface area contributed by atoms with Crippen LogP contribution in [0.3, 0.4) is 0 Å². The van der Waals surface area contributed by atoms with Gasteiger partial charge in [-0.05, 0) is 13.1 Å². The Hall–Kier alpha value is 0.600. The molecular weight excluding hydrogens is 130 g/mol. The molecule has 3 heteroatoms. The molecule has 0 spiro atoms. The topological polar surface area (TPSA) is 3.24 Å². The summed E-state index contributed by atoms with van der Waals surface area (Å²) >= 11 is 10.2. The Morgan fingerprint density at radius 3 is 2.43 bits per heavy atom. The number of rotatable bonds is 3. The van der Waals surface area contributed by atoms with E-state index in [2.05, 4.69) is 0 Å². The second-order valence-electron chi connectivity index (χ2n) is 1.21. The number of halogens is 1. The second-order valence-corrected chi connectivity index (χ2v) is 2.10. The van der Waals surface area contributed by atoms with E-state index in [1.54, 1.807) is 4.31 Å². The fourth-order valence-corrected chi connectivity index (χ4v) is 0.648. The van der Waals surface area contributed by atoms with Gasteiger partial charge in [-0.25, -0.2) is 0 Å². The van der Waals surface area contributed by atoms with E-state index in [4.69, 9.17) is 24.4 Å². The fourth-order valence-electron chi connectivity index (χ4n) is 0.252. The van der Waals surface area contributed by atoms with E-state index in [0.717, 1.165) is 13.1 Å². The zero-order valence-corrected chi connectivity index (χ0v) is 5.93. The SMILES string of the molecule is CCN([S-])CCCl. The smallest absolute Gasteiger partial charge is 0.0333 e. The molecule has 0 aromatic rings. The van der Waals surface area contributed by atoms with Gasteiger partial charge < -0.3 is 17.1 Å². The van der Waals surface area contributed by atoms with Crippen LogP contribution in [-0.2, 0) is 12.8 Å². The lowest BCUT2D eigenvalue weighted by Crippen LogP contribution is -2.17. The molecule has 0 heterocycles. The summed E-state index contributed by atoms with van der Waals surface area (Å²) in [6.45, 7) is 3.73. The van der Waals surface area contributed by atoms with Crippen LogP contribution in [0.1, 0.15) is 6.92 Å². The maximum Gasteiger partial charge on any atom is 0.0333 e. The Morgan fingerprint density at radius 1 is 1.71 bits per heavy atom. The minimum atomic E-state index is 0.636. The molecule has 44 valence electrons. The molecule has 0 bridgehead atoms.